The Balaban J connectivity index is 2.13. The minimum Gasteiger partial charge on any atom is -0.343 e. The van der Waals surface area contributed by atoms with E-state index in [-0.39, 0.29) is 17.5 Å². The van der Waals surface area contributed by atoms with Crippen LogP contribution < -0.4 is 10.9 Å². The lowest BCUT2D eigenvalue weighted by atomic mass is 10.1. The number of pyridine rings is 1. The van der Waals surface area contributed by atoms with E-state index in [1.54, 1.807) is 23.5 Å². The van der Waals surface area contributed by atoms with Gasteiger partial charge in [-0.1, -0.05) is 25.5 Å². The van der Waals surface area contributed by atoms with Gasteiger partial charge in [0.15, 0.2) is 0 Å². The van der Waals surface area contributed by atoms with Crippen molar-refractivity contribution in [1.82, 2.24) is 10.3 Å². The van der Waals surface area contributed by atoms with Crippen LogP contribution in [0.3, 0.4) is 0 Å². The maximum atomic E-state index is 12.1. The number of thiophene rings is 1. The van der Waals surface area contributed by atoms with Crippen molar-refractivity contribution in [3.05, 3.63) is 56.6 Å². The molecule has 0 bridgehead atoms. The first-order chi connectivity index (χ1) is 9.20. The largest absolute Gasteiger partial charge is 0.343 e. The second-order valence-corrected chi connectivity index (χ2v) is 5.24. The number of aromatic nitrogens is 1. The van der Waals surface area contributed by atoms with Gasteiger partial charge in [-0.15, -0.1) is 11.3 Å². The summed E-state index contributed by atoms with van der Waals surface area (Å²) in [5.74, 6) is -0.246. The molecule has 5 heteroatoms. The molecule has 2 aromatic rings. The normalized spacial score (nSPS) is 12.1. The van der Waals surface area contributed by atoms with E-state index in [1.807, 2.05) is 17.5 Å². The number of H-pyrrole nitrogens is 1. The van der Waals surface area contributed by atoms with Gasteiger partial charge in [-0.3, -0.25) is 9.59 Å². The molecule has 2 rings (SSSR count). The topological polar surface area (TPSA) is 62.0 Å². The molecular formula is C14H16N2O2S. The van der Waals surface area contributed by atoms with Crippen molar-refractivity contribution >= 4 is 17.2 Å². The van der Waals surface area contributed by atoms with Crippen molar-refractivity contribution in [3.8, 4) is 0 Å². The smallest absolute Gasteiger partial charge is 0.268 e. The van der Waals surface area contributed by atoms with E-state index in [0.29, 0.717) is 5.69 Å². The third-order valence-electron chi connectivity index (χ3n) is 2.78. The molecule has 0 saturated carbocycles. The van der Waals surface area contributed by atoms with Crippen LogP contribution in [0, 0.1) is 0 Å². The van der Waals surface area contributed by atoms with Crippen molar-refractivity contribution in [2.45, 2.75) is 25.8 Å². The summed E-state index contributed by atoms with van der Waals surface area (Å²) in [7, 11) is 0. The van der Waals surface area contributed by atoms with Gasteiger partial charge in [0.2, 0.25) is 5.56 Å². The van der Waals surface area contributed by atoms with E-state index in [4.69, 9.17) is 0 Å². The summed E-state index contributed by atoms with van der Waals surface area (Å²) in [6.45, 7) is 2.08. The molecule has 1 unspecified atom stereocenters. The van der Waals surface area contributed by atoms with Crippen LogP contribution in [0.4, 0.5) is 0 Å². The van der Waals surface area contributed by atoms with E-state index >= 15 is 0 Å². The van der Waals surface area contributed by atoms with Crippen LogP contribution in [0.15, 0.2) is 40.5 Å². The molecule has 0 aliphatic rings. The Morgan fingerprint density at radius 1 is 1.37 bits per heavy atom. The number of hydrogen-bond donors (Lipinski definition) is 2. The molecule has 0 aromatic carbocycles. The number of aromatic amines is 1. The fourth-order valence-corrected chi connectivity index (χ4v) is 2.69. The van der Waals surface area contributed by atoms with Gasteiger partial charge < -0.3 is 10.3 Å². The van der Waals surface area contributed by atoms with E-state index in [9.17, 15) is 9.59 Å². The second-order valence-electron chi connectivity index (χ2n) is 4.26. The van der Waals surface area contributed by atoms with E-state index < -0.39 is 0 Å². The molecule has 0 spiro atoms. The Kier molecular flexibility index (Phi) is 4.52. The SMILES string of the molecule is CCCC(NC(=O)c1cccc(=O)[nH]1)c1cccs1. The standard InChI is InChI=1S/C14H16N2O2S/c1-2-5-10(12-7-4-9-19-12)16-14(18)11-6-3-8-13(17)15-11/h3-4,6-10H,2,5H2,1H3,(H,15,17)(H,16,18). The van der Waals surface area contributed by atoms with Crippen molar-refractivity contribution in [1.29, 1.82) is 0 Å². The molecule has 0 radical (unpaired) electrons. The molecule has 1 atom stereocenters. The predicted molar refractivity (Wildman–Crippen MR) is 76.5 cm³/mol. The Hall–Kier alpha value is -1.88. The zero-order valence-electron chi connectivity index (χ0n) is 10.7. The Morgan fingerprint density at radius 2 is 2.21 bits per heavy atom. The maximum Gasteiger partial charge on any atom is 0.268 e. The van der Waals surface area contributed by atoms with Crippen LogP contribution in [0.5, 0.6) is 0 Å². The Morgan fingerprint density at radius 3 is 2.84 bits per heavy atom. The molecule has 0 saturated heterocycles. The van der Waals surface area contributed by atoms with Crippen LogP contribution in [-0.4, -0.2) is 10.9 Å². The molecular weight excluding hydrogens is 260 g/mol. The van der Waals surface area contributed by atoms with Gasteiger partial charge in [-0.05, 0) is 23.9 Å². The highest BCUT2D eigenvalue weighted by Crippen LogP contribution is 2.23. The Bertz CT molecular complexity index is 589. The summed E-state index contributed by atoms with van der Waals surface area (Å²) in [5.41, 5.74) is 0.0287. The van der Waals surface area contributed by atoms with Crippen molar-refractivity contribution in [2.75, 3.05) is 0 Å². The molecule has 100 valence electrons. The lowest BCUT2D eigenvalue weighted by Crippen LogP contribution is -2.29. The van der Waals surface area contributed by atoms with Gasteiger partial charge in [0.05, 0.1) is 6.04 Å². The molecule has 0 aliphatic heterocycles. The number of carbonyl (C=O) groups is 1. The van der Waals surface area contributed by atoms with Gasteiger partial charge in [-0.2, -0.15) is 0 Å². The number of carbonyl (C=O) groups excluding carboxylic acids is 1. The molecule has 1 amide bonds. The van der Waals surface area contributed by atoms with Gasteiger partial charge in [0, 0.05) is 10.9 Å². The molecule has 2 aromatic heterocycles. The number of nitrogens with one attached hydrogen (secondary N) is 2. The first kappa shape index (κ1) is 13.5. The third-order valence-corrected chi connectivity index (χ3v) is 3.77. The number of hydrogen-bond acceptors (Lipinski definition) is 3. The van der Waals surface area contributed by atoms with Crippen LogP contribution in [0.25, 0.3) is 0 Å². The molecule has 0 aliphatic carbocycles. The fourth-order valence-electron chi connectivity index (χ4n) is 1.88. The van der Waals surface area contributed by atoms with Crippen molar-refractivity contribution in [3.63, 3.8) is 0 Å². The summed E-state index contributed by atoms with van der Waals surface area (Å²) in [4.78, 5) is 27.0. The molecule has 0 fully saturated rings. The summed E-state index contributed by atoms with van der Waals surface area (Å²) < 4.78 is 0. The fraction of sp³-hybridized carbons (Fsp3) is 0.286. The highest BCUT2D eigenvalue weighted by molar-refractivity contribution is 7.10. The van der Waals surface area contributed by atoms with Gasteiger partial charge >= 0.3 is 0 Å². The van der Waals surface area contributed by atoms with E-state index in [0.717, 1.165) is 17.7 Å². The summed E-state index contributed by atoms with van der Waals surface area (Å²) in [5, 5.41) is 4.96. The second kappa shape index (κ2) is 6.33. The van der Waals surface area contributed by atoms with Crippen LogP contribution in [-0.2, 0) is 0 Å². The molecule has 2 heterocycles. The highest BCUT2D eigenvalue weighted by Gasteiger charge is 2.16. The quantitative estimate of drug-likeness (QED) is 0.882. The van der Waals surface area contributed by atoms with Gasteiger partial charge in [0.25, 0.3) is 5.91 Å². The molecule has 2 N–H and O–H groups in total. The predicted octanol–water partition coefficient (Wildman–Crippen LogP) is 2.71. The van der Waals surface area contributed by atoms with Gasteiger partial charge in [-0.25, -0.2) is 0 Å². The molecule has 4 nitrogen and oxygen atoms in total. The lowest BCUT2D eigenvalue weighted by Gasteiger charge is -2.16. The first-order valence-corrected chi connectivity index (χ1v) is 7.12. The monoisotopic (exact) mass is 276 g/mol. The lowest BCUT2D eigenvalue weighted by molar-refractivity contribution is 0.0930. The first-order valence-electron chi connectivity index (χ1n) is 6.24. The third kappa shape index (κ3) is 3.54. The zero-order chi connectivity index (χ0) is 13.7. The summed E-state index contributed by atoms with van der Waals surface area (Å²) in [6.07, 6.45) is 1.86. The highest BCUT2D eigenvalue weighted by atomic mass is 32.1. The minimum atomic E-state index is -0.268. The van der Waals surface area contributed by atoms with E-state index in [1.165, 1.54) is 6.07 Å². The minimum absolute atomic E-state index is 0.00112. The van der Waals surface area contributed by atoms with Crippen LogP contribution >= 0.6 is 11.3 Å². The average Bonchev–Trinajstić information content (AvgIpc) is 2.92. The van der Waals surface area contributed by atoms with Crippen molar-refractivity contribution in [2.24, 2.45) is 0 Å². The number of amides is 1. The summed E-state index contributed by atoms with van der Waals surface area (Å²) >= 11 is 1.62. The maximum absolute atomic E-state index is 12.1. The van der Waals surface area contributed by atoms with E-state index in [2.05, 4.69) is 17.2 Å². The van der Waals surface area contributed by atoms with Crippen LogP contribution in [0.2, 0.25) is 0 Å². The zero-order valence-corrected chi connectivity index (χ0v) is 11.5. The molecule has 19 heavy (non-hydrogen) atoms. The van der Waals surface area contributed by atoms with Crippen LogP contribution in [0.1, 0.15) is 41.2 Å². The Labute approximate surface area is 115 Å². The van der Waals surface area contributed by atoms with Gasteiger partial charge in [0.1, 0.15) is 5.69 Å². The van der Waals surface area contributed by atoms with Crippen molar-refractivity contribution < 1.29 is 4.79 Å². The average molecular weight is 276 g/mol. The number of rotatable bonds is 5. The summed E-state index contributed by atoms with van der Waals surface area (Å²) in [6, 6.07) is 8.56.